The van der Waals surface area contributed by atoms with E-state index in [1.807, 2.05) is 24.3 Å². The summed E-state index contributed by atoms with van der Waals surface area (Å²) in [5, 5.41) is 11.2. The SMILES string of the molecule is OCCN1CCCCC1C1CC2CCC(C1)N2C(c1ccccc1Cl)c1ccccc1Cl. The first-order valence-electron chi connectivity index (χ1n) is 12.3. The first-order valence-corrected chi connectivity index (χ1v) is 13.0. The molecule has 172 valence electrons. The molecule has 3 atom stereocenters. The van der Waals surface area contributed by atoms with E-state index in [2.05, 4.69) is 34.1 Å². The molecule has 3 aliphatic rings. The molecule has 5 heteroatoms. The zero-order valence-corrected chi connectivity index (χ0v) is 20.2. The Morgan fingerprint density at radius 3 is 2.00 bits per heavy atom. The van der Waals surface area contributed by atoms with Crippen molar-refractivity contribution >= 4 is 23.2 Å². The van der Waals surface area contributed by atoms with Crippen molar-refractivity contribution in [3.05, 3.63) is 69.7 Å². The lowest BCUT2D eigenvalue weighted by Gasteiger charge is -2.49. The fourth-order valence-electron chi connectivity index (χ4n) is 6.83. The van der Waals surface area contributed by atoms with Crippen molar-refractivity contribution in [3.63, 3.8) is 0 Å². The number of piperidine rings is 2. The quantitative estimate of drug-likeness (QED) is 0.543. The van der Waals surface area contributed by atoms with Crippen LogP contribution in [0, 0.1) is 5.92 Å². The highest BCUT2D eigenvalue weighted by Gasteiger charge is 2.47. The van der Waals surface area contributed by atoms with Crippen molar-refractivity contribution < 1.29 is 5.11 Å². The Hall–Kier alpha value is -1.10. The fourth-order valence-corrected chi connectivity index (χ4v) is 7.31. The van der Waals surface area contributed by atoms with E-state index in [4.69, 9.17) is 23.2 Å². The van der Waals surface area contributed by atoms with Gasteiger partial charge in [0.2, 0.25) is 0 Å². The minimum atomic E-state index is 0.0933. The second-order valence-corrected chi connectivity index (χ2v) is 10.6. The first-order chi connectivity index (χ1) is 15.7. The van der Waals surface area contributed by atoms with Crippen LogP contribution in [0.3, 0.4) is 0 Å². The summed E-state index contributed by atoms with van der Waals surface area (Å²) < 4.78 is 0. The molecule has 0 saturated carbocycles. The van der Waals surface area contributed by atoms with Crippen molar-refractivity contribution in [1.29, 1.82) is 0 Å². The van der Waals surface area contributed by atoms with Crippen LogP contribution in [0.4, 0.5) is 0 Å². The standard InChI is InChI=1S/C27H34Cl2N2O/c28-24-9-3-1-7-22(24)27(23-8-2-4-10-25(23)29)31-20-12-13-21(31)18-19(17-20)26-11-5-6-14-30(26)15-16-32/h1-4,7-10,19-21,26-27,32H,5-6,11-18H2. The molecule has 3 unspecified atom stereocenters. The summed E-state index contributed by atoms with van der Waals surface area (Å²) in [6.07, 6.45) is 8.83. The van der Waals surface area contributed by atoms with Gasteiger partial charge in [-0.15, -0.1) is 0 Å². The monoisotopic (exact) mass is 472 g/mol. The number of fused-ring (bicyclic) bond motifs is 2. The summed E-state index contributed by atoms with van der Waals surface area (Å²) >= 11 is 13.5. The molecule has 3 fully saturated rings. The number of rotatable bonds is 6. The van der Waals surface area contributed by atoms with Crippen LogP contribution in [-0.4, -0.2) is 52.7 Å². The van der Waals surface area contributed by atoms with Gasteiger partial charge in [0.05, 0.1) is 12.6 Å². The van der Waals surface area contributed by atoms with Gasteiger partial charge in [-0.05, 0) is 74.2 Å². The lowest BCUT2D eigenvalue weighted by molar-refractivity contribution is 0.0116. The molecule has 0 aliphatic carbocycles. The number of aliphatic hydroxyl groups excluding tert-OH is 1. The Bertz CT molecular complexity index is 861. The third-order valence-corrected chi connectivity index (χ3v) is 8.81. The first kappa shape index (κ1) is 22.7. The predicted molar refractivity (Wildman–Crippen MR) is 132 cm³/mol. The third kappa shape index (κ3) is 4.35. The van der Waals surface area contributed by atoms with Crippen LogP contribution in [0.5, 0.6) is 0 Å². The number of aliphatic hydroxyl groups is 1. The average molecular weight is 473 g/mol. The number of halogens is 2. The minimum Gasteiger partial charge on any atom is -0.395 e. The highest BCUT2D eigenvalue weighted by Crippen LogP contribution is 2.49. The van der Waals surface area contributed by atoms with Gasteiger partial charge >= 0.3 is 0 Å². The lowest BCUT2D eigenvalue weighted by atomic mass is 9.79. The molecule has 32 heavy (non-hydrogen) atoms. The average Bonchev–Trinajstić information content (AvgIpc) is 3.05. The molecule has 2 aromatic rings. The molecule has 0 spiro atoms. The normalized spacial score (nSPS) is 29.0. The van der Waals surface area contributed by atoms with Gasteiger partial charge in [-0.25, -0.2) is 0 Å². The van der Waals surface area contributed by atoms with E-state index in [1.54, 1.807) is 0 Å². The van der Waals surface area contributed by atoms with Gasteiger partial charge in [-0.2, -0.15) is 0 Å². The van der Waals surface area contributed by atoms with E-state index >= 15 is 0 Å². The summed E-state index contributed by atoms with van der Waals surface area (Å²) in [6.45, 7) is 2.23. The number of hydrogen-bond acceptors (Lipinski definition) is 3. The van der Waals surface area contributed by atoms with Gasteiger partial charge in [0.1, 0.15) is 0 Å². The van der Waals surface area contributed by atoms with E-state index in [0.29, 0.717) is 24.0 Å². The zero-order valence-electron chi connectivity index (χ0n) is 18.7. The van der Waals surface area contributed by atoms with Crippen LogP contribution in [0.25, 0.3) is 0 Å². The molecule has 1 N–H and O–H groups in total. The van der Waals surface area contributed by atoms with E-state index in [0.717, 1.165) is 34.3 Å². The zero-order chi connectivity index (χ0) is 22.1. The summed E-state index contributed by atoms with van der Waals surface area (Å²) in [5.41, 5.74) is 2.33. The number of hydrogen-bond donors (Lipinski definition) is 1. The van der Waals surface area contributed by atoms with E-state index < -0.39 is 0 Å². The number of likely N-dealkylation sites (tertiary alicyclic amines) is 1. The molecule has 3 heterocycles. The third-order valence-electron chi connectivity index (χ3n) is 8.12. The Labute approximate surface area is 202 Å². The molecular formula is C27H34Cl2N2O. The maximum Gasteiger partial charge on any atom is 0.0635 e. The molecule has 2 bridgehead atoms. The van der Waals surface area contributed by atoms with Crippen molar-refractivity contribution in [2.45, 2.75) is 69.1 Å². The van der Waals surface area contributed by atoms with Gasteiger partial charge in [0, 0.05) is 34.7 Å². The van der Waals surface area contributed by atoms with Crippen molar-refractivity contribution in [3.8, 4) is 0 Å². The van der Waals surface area contributed by atoms with Crippen molar-refractivity contribution in [2.75, 3.05) is 19.7 Å². The van der Waals surface area contributed by atoms with Gasteiger partial charge in [-0.3, -0.25) is 9.80 Å². The number of benzene rings is 2. The van der Waals surface area contributed by atoms with Crippen molar-refractivity contribution in [1.82, 2.24) is 9.80 Å². The van der Waals surface area contributed by atoms with Crippen LogP contribution in [0.2, 0.25) is 10.0 Å². The van der Waals surface area contributed by atoms with Gasteiger partial charge in [0.25, 0.3) is 0 Å². The second kappa shape index (κ2) is 10.0. The second-order valence-electron chi connectivity index (χ2n) is 9.83. The molecule has 2 aromatic carbocycles. The molecule has 3 aliphatic heterocycles. The van der Waals surface area contributed by atoms with Gasteiger partial charge in [-0.1, -0.05) is 66.0 Å². The van der Waals surface area contributed by atoms with Crippen LogP contribution in [-0.2, 0) is 0 Å². The highest BCUT2D eigenvalue weighted by atomic mass is 35.5. The molecule has 5 rings (SSSR count). The number of nitrogens with zero attached hydrogens (tertiary/aromatic N) is 2. The van der Waals surface area contributed by atoms with Crippen LogP contribution in [0.15, 0.2) is 48.5 Å². The summed E-state index contributed by atoms with van der Waals surface area (Å²) in [5.74, 6) is 0.716. The van der Waals surface area contributed by atoms with E-state index in [1.165, 1.54) is 44.9 Å². The Kier molecular flexibility index (Phi) is 7.11. The number of β-amino-alcohol motifs (C(OH)–C–C–N with tert-alkyl or cyclic N) is 1. The Balaban J connectivity index is 1.46. The van der Waals surface area contributed by atoms with E-state index in [-0.39, 0.29) is 12.6 Å². The molecule has 0 radical (unpaired) electrons. The molecule has 3 saturated heterocycles. The minimum absolute atomic E-state index is 0.0933. The van der Waals surface area contributed by atoms with Gasteiger partial charge < -0.3 is 5.11 Å². The molecule has 0 amide bonds. The molecule has 3 nitrogen and oxygen atoms in total. The summed E-state index contributed by atoms with van der Waals surface area (Å²) in [4.78, 5) is 5.32. The van der Waals surface area contributed by atoms with Crippen LogP contribution < -0.4 is 0 Å². The van der Waals surface area contributed by atoms with Crippen LogP contribution in [0.1, 0.15) is 62.1 Å². The Morgan fingerprint density at radius 1 is 0.844 bits per heavy atom. The summed E-state index contributed by atoms with van der Waals surface area (Å²) in [6, 6.07) is 18.4. The van der Waals surface area contributed by atoms with Crippen molar-refractivity contribution in [2.24, 2.45) is 5.92 Å². The fraction of sp³-hybridized carbons (Fsp3) is 0.556. The summed E-state index contributed by atoms with van der Waals surface area (Å²) in [7, 11) is 0. The van der Waals surface area contributed by atoms with E-state index in [9.17, 15) is 5.11 Å². The highest BCUT2D eigenvalue weighted by molar-refractivity contribution is 6.32. The topological polar surface area (TPSA) is 26.7 Å². The lowest BCUT2D eigenvalue weighted by Crippen LogP contribution is -2.52. The smallest absolute Gasteiger partial charge is 0.0635 e. The molecule has 0 aromatic heterocycles. The maximum atomic E-state index is 9.60. The maximum absolute atomic E-state index is 9.60. The van der Waals surface area contributed by atoms with Gasteiger partial charge in [0.15, 0.2) is 0 Å². The molecular weight excluding hydrogens is 439 g/mol. The predicted octanol–water partition coefficient (Wildman–Crippen LogP) is 6.17. The van der Waals surface area contributed by atoms with Crippen LogP contribution >= 0.6 is 23.2 Å². The largest absolute Gasteiger partial charge is 0.395 e. The Morgan fingerprint density at radius 2 is 1.44 bits per heavy atom.